The highest BCUT2D eigenvalue weighted by Crippen LogP contribution is 2.20. The van der Waals surface area contributed by atoms with E-state index in [0.717, 1.165) is 11.1 Å². The molecule has 0 bridgehead atoms. The van der Waals surface area contributed by atoms with Crippen LogP contribution in [0.25, 0.3) is 0 Å². The first-order chi connectivity index (χ1) is 12.4. The minimum atomic E-state index is -0.447. The fraction of sp³-hybridized carbons (Fsp3) is 0.286. The molecule has 26 heavy (non-hydrogen) atoms. The quantitative estimate of drug-likeness (QED) is 0.508. The van der Waals surface area contributed by atoms with Gasteiger partial charge in [-0.2, -0.15) is 0 Å². The normalized spacial score (nSPS) is 11.2. The number of methoxy groups -OCH3 is 2. The number of esters is 1. The number of hydrogen-bond donors (Lipinski definition) is 1. The highest BCUT2D eigenvalue weighted by molar-refractivity contribution is 5.90. The fourth-order valence-electron chi connectivity index (χ4n) is 2.34. The van der Waals surface area contributed by atoms with E-state index in [1.807, 2.05) is 32.0 Å². The topological polar surface area (TPSA) is 70.8 Å². The van der Waals surface area contributed by atoms with Crippen LogP contribution in [0.1, 0.15) is 34.0 Å². The van der Waals surface area contributed by atoms with Gasteiger partial charge in [0.1, 0.15) is 11.9 Å². The SMILES string of the molecule is COC[C@H](C)Oc1cc(C#Cc2ccc(C)c(N)c2)cc(C(=O)OC)c1. The Bertz CT molecular complexity index is 849. The van der Waals surface area contributed by atoms with Gasteiger partial charge in [-0.15, -0.1) is 0 Å². The molecule has 0 aliphatic rings. The van der Waals surface area contributed by atoms with Crippen molar-refractivity contribution in [2.75, 3.05) is 26.6 Å². The number of aryl methyl sites for hydroxylation is 1. The van der Waals surface area contributed by atoms with Crippen LogP contribution in [0, 0.1) is 18.8 Å². The summed E-state index contributed by atoms with van der Waals surface area (Å²) in [6.45, 7) is 4.26. The number of anilines is 1. The van der Waals surface area contributed by atoms with Gasteiger partial charge in [0.15, 0.2) is 0 Å². The molecule has 0 saturated carbocycles. The zero-order valence-electron chi connectivity index (χ0n) is 15.5. The van der Waals surface area contributed by atoms with Crippen LogP contribution < -0.4 is 10.5 Å². The molecule has 0 unspecified atom stereocenters. The number of rotatable bonds is 5. The van der Waals surface area contributed by atoms with Gasteiger partial charge in [-0.05, 0) is 49.7 Å². The van der Waals surface area contributed by atoms with Gasteiger partial charge in [-0.1, -0.05) is 17.9 Å². The summed E-state index contributed by atoms with van der Waals surface area (Å²) in [4.78, 5) is 11.9. The van der Waals surface area contributed by atoms with Gasteiger partial charge in [0.25, 0.3) is 0 Å². The Morgan fingerprint density at radius 2 is 1.85 bits per heavy atom. The Labute approximate surface area is 154 Å². The lowest BCUT2D eigenvalue weighted by atomic mass is 10.1. The first-order valence-electron chi connectivity index (χ1n) is 8.20. The molecular weight excluding hydrogens is 330 g/mol. The molecule has 0 heterocycles. The number of ether oxygens (including phenoxy) is 3. The summed E-state index contributed by atoms with van der Waals surface area (Å²) in [7, 11) is 2.94. The predicted octanol–water partition coefficient (Wildman–Crippen LogP) is 3.18. The molecular formula is C21H23NO4. The lowest BCUT2D eigenvalue weighted by Crippen LogP contribution is -2.18. The molecule has 0 aromatic heterocycles. The average Bonchev–Trinajstić information content (AvgIpc) is 2.62. The first kappa shape index (κ1) is 19.4. The van der Waals surface area contributed by atoms with Gasteiger partial charge in [0.05, 0.1) is 19.3 Å². The maximum Gasteiger partial charge on any atom is 0.338 e. The van der Waals surface area contributed by atoms with Crippen molar-refractivity contribution < 1.29 is 19.0 Å². The third-order valence-electron chi connectivity index (χ3n) is 3.70. The van der Waals surface area contributed by atoms with Gasteiger partial charge in [0, 0.05) is 23.9 Å². The molecule has 2 rings (SSSR count). The van der Waals surface area contributed by atoms with Crippen molar-refractivity contribution >= 4 is 11.7 Å². The Kier molecular flexibility index (Phi) is 6.65. The predicted molar refractivity (Wildman–Crippen MR) is 101 cm³/mol. The van der Waals surface area contributed by atoms with Crippen LogP contribution in [-0.4, -0.2) is 32.9 Å². The van der Waals surface area contributed by atoms with Gasteiger partial charge in [0.2, 0.25) is 0 Å². The van der Waals surface area contributed by atoms with E-state index in [9.17, 15) is 4.79 Å². The van der Waals surface area contributed by atoms with Crippen molar-refractivity contribution in [3.05, 3.63) is 58.7 Å². The molecule has 0 aliphatic carbocycles. The van der Waals surface area contributed by atoms with Gasteiger partial charge >= 0.3 is 5.97 Å². The van der Waals surface area contributed by atoms with Crippen LogP contribution in [0.5, 0.6) is 5.75 Å². The summed E-state index contributed by atoms with van der Waals surface area (Å²) >= 11 is 0. The van der Waals surface area contributed by atoms with E-state index < -0.39 is 5.97 Å². The molecule has 0 radical (unpaired) electrons. The summed E-state index contributed by atoms with van der Waals surface area (Å²) in [6.07, 6.45) is -0.161. The number of benzene rings is 2. The summed E-state index contributed by atoms with van der Waals surface area (Å²) in [6, 6.07) is 10.7. The Balaban J connectivity index is 2.36. The second kappa shape index (κ2) is 8.93. The van der Waals surface area contributed by atoms with Crippen LogP contribution in [0.2, 0.25) is 0 Å². The fourth-order valence-corrected chi connectivity index (χ4v) is 2.34. The van der Waals surface area contributed by atoms with Gasteiger partial charge in [-0.3, -0.25) is 0 Å². The first-order valence-corrected chi connectivity index (χ1v) is 8.20. The standard InChI is InChI=1S/C21H23NO4/c1-14-5-6-16(11-20(14)22)7-8-17-9-18(21(23)25-4)12-19(10-17)26-15(2)13-24-3/h5-6,9-12,15H,13,22H2,1-4H3/t15-/m0/s1. The number of nitrogens with two attached hydrogens (primary N) is 1. The summed E-state index contributed by atoms with van der Waals surface area (Å²) in [5, 5.41) is 0. The lowest BCUT2D eigenvalue weighted by molar-refractivity contribution is 0.0598. The van der Waals surface area contributed by atoms with Gasteiger partial charge < -0.3 is 19.9 Å². The third kappa shape index (κ3) is 5.27. The molecule has 5 nitrogen and oxygen atoms in total. The average molecular weight is 353 g/mol. The number of nitrogen functional groups attached to an aromatic ring is 1. The smallest absolute Gasteiger partial charge is 0.338 e. The van der Waals surface area contributed by atoms with Crippen LogP contribution in [0.4, 0.5) is 5.69 Å². The molecule has 136 valence electrons. The van der Waals surface area contributed by atoms with E-state index in [1.54, 1.807) is 25.3 Å². The molecule has 2 aromatic rings. The van der Waals surface area contributed by atoms with Crippen molar-refractivity contribution in [2.45, 2.75) is 20.0 Å². The van der Waals surface area contributed by atoms with E-state index in [0.29, 0.717) is 29.2 Å². The van der Waals surface area contributed by atoms with E-state index >= 15 is 0 Å². The number of carbonyl (C=O) groups excluding carboxylic acids is 1. The second-order valence-corrected chi connectivity index (χ2v) is 5.94. The zero-order chi connectivity index (χ0) is 19.1. The summed E-state index contributed by atoms with van der Waals surface area (Å²) in [5.41, 5.74) is 9.44. The molecule has 2 aromatic carbocycles. The van der Waals surface area contributed by atoms with Crippen molar-refractivity contribution in [1.82, 2.24) is 0 Å². The van der Waals surface area contributed by atoms with Crippen molar-refractivity contribution in [1.29, 1.82) is 0 Å². The lowest BCUT2D eigenvalue weighted by Gasteiger charge is -2.14. The van der Waals surface area contributed by atoms with E-state index in [-0.39, 0.29) is 6.10 Å². The number of carbonyl (C=O) groups is 1. The van der Waals surface area contributed by atoms with E-state index in [2.05, 4.69) is 11.8 Å². The maximum absolute atomic E-state index is 11.9. The molecule has 0 amide bonds. The molecule has 0 spiro atoms. The molecule has 5 heteroatoms. The van der Waals surface area contributed by atoms with E-state index in [4.69, 9.17) is 19.9 Å². The van der Waals surface area contributed by atoms with Crippen molar-refractivity contribution in [3.63, 3.8) is 0 Å². The summed E-state index contributed by atoms with van der Waals surface area (Å²) in [5.74, 6) is 6.19. The van der Waals surface area contributed by atoms with Crippen LogP contribution in [-0.2, 0) is 9.47 Å². The van der Waals surface area contributed by atoms with Gasteiger partial charge in [-0.25, -0.2) is 4.79 Å². The maximum atomic E-state index is 11.9. The zero-order valence-corrected chi connectivity index (χ0v) is 15.5. The van der Waals surface area contributed by atoms with Crippen LogP contribution in [0.3, 0.4) is 0 Å². The minimum absolute atomic E-state index is 0.161. The minimum Gasteiger partial charge on any atom is -0.488 e. The largest absolute Gasteiger partial charge is 0.488 e. The molecule has 0 fully saturated rings. The molecule has 0 aliphatic heterocycles. The van der Waals surface area contributed by atoms with Crippen molar-refractivity contribution in [2.24, 2.45) is 0 Å². The Morgan fingerprint density at radius 3 is 2.50 bits per heavy atom. The highest BCUT2D eigenvalue weighted by Gasteiger charge is 2.11. The molecule has 1 atom stereocenters. The monoisotopic (exact) mass is 353 g/mol. The van der Waals surface area contributed by atoms with Crippen molar-refractivity contribution in [3.8, 4) is 17.6 Å². The molecule has 0 saturated heterocycles. The Hall–Kier alpha value is -2.97. The summed E-state index contributed by atoms with van der Waals surface area (Å²) < 4.78 is 15.7. The van der Waals surface area contributed by atoms with Crippen LogP contribution >= 0.6 is 0 Å². The number of hydrogen-bond acceptors (Lipinski definition) is 5. The van der Waals surface area contributed by atoms with Crippen LogP contribution in [0.15, 0.2) is 36.4 Å². The Morgan fingerprint density at radius 1 is 1.12 bits per heavy atom. The second-order valence-electron chi connectivity index (χ2n) is 5.94. The van der Waals surface area contributed by atoms with E-state index in [1.165, 1.54) is 7.11 Å². The third-order valence-corrected chi connectivity index (χ3v) is 3.70. The highest BCUT2D eigenvalue weighted by atomic mass is 16.5. The molecule has 2 N–H and O–H groups in total.